The van der Waals surface area contributed by atoms with E-state index in [4.69, 9.17) is 11.1 Å². The van der Waals surface area contributed by atoms with Crippen molar-refractivity contribution in [1.29, 1.82) is 5.41 Å². The molecule has 2 rings (SSSR count). The minimum absolute atomic E-state index is 0.114. The number of sulfonamides is 1. The van der Waals surface area contributed by atoms with Gasteiger partial charge in [0.15, 0.2) is 0 Å². The van der Waals surface area contributed by atoms with Gasteiger partial charge in [0.2, 0.25) is 0 Å². The largest absolute Gasteiger partial charge is 0.384 e. The average Bonchev–Trinajstić information content (AvgIpc) is 2.40. The standard InChI is InChI=1S/C12H10F2N4O2S/c13-8-4-9(6-17-5-8)21(19,20)18-11-2-1-7(12(15)16)3-10(11)14/h1-6,18H,(H3,15,16). The van der Waals surface area contributed by atoms with Crippen LogP contribution in [0.4, 0.5) is 14.5 Å². The Morgan fingerprint density at radius 3 is 2.52 bits per heavy atom. The lowest BCUT2D eigenvalue weighted by molar-refractivity contribution is 0.590. The first kappa shape index (κ1) is 14.9. The highest BCUT2D eigenvalue weighted by atomic mass is 32.2. The Bertz CT molecular complexity index is 809. The van der Waals surface area contributed by atoms with Crippen molar-refractivity contribution in [1.82, 2.24) is 4.98 Å². The number of nitrogens with one attached hydrogen (secondary N) is 2. The van der Waals surface area contributed by atoms with Crippen LogP contribution in [-0.4, -0.2) is 19.2 Å². The molecule has 6 nitrogen and oxygen atoms in total. The van der Waals surface area contributed by atoms with Crippen LogP contribution in [0.2, 0.25) is 0 Å². The van der Waals surface area contributed by atoms with Gasteiger partial charge in [-0.1, -0.05) is 0 Å². The lowest BCUT2D eigenvalue weighted by Crippen LogP contribution is -2.16. The van der Waals surface area contributed by atoms with E-state index in [9.17, 15) is 17.2 Å². The third-order valence-corrected chi connectivity index (χ3v) is 3.85. The van der Waals surface area contributed by atoms with Gasteiger partial charge in [0.05, 0.1) is 11.9 Å². The molecular formula is C12H10F2N4O2S. The second kappa shape index (κ2) is 5.44. The molecule has 0 bridgehead atoms. The summed E-state index contributed by atoms with van der Waals surface area (Å²) in [6, 6.07) is 4.09. The summed E-state index contributed by atoms with van der Waals surface area (Å²) in [7, 11) is -4.17. The number of nitrogens with zero attached hydrogens (tertiary/aromatic N) is 1. The summed E-state index contributed by atoms with van der Waals surface area (Å²) in [5, 5.41) is 7.16. The predicted molar refractivity (Wildman–Crippen MR) is 72.4 cm³/mol. The Morgan fingerprint density at radius 1 is 1.24 bits per heavy atom. The van der Waals surface area contributed by atoms with Crippen LogP contribution >= 0.6 is 0 Å². The first-order valence-electron chi connectivity index (χ1n) is 5.57. The minimum Gasteiger partial charge on any atom is -0.384 e. The van der Waals surface area contributed by atoms with Crippen LogP contribution in [0.25, 0.3) is 0 Å². The quantitative estimate of drug-likeness (QED) is 0.586. The zero-order valence-corrected chi connectivity index (χ0v) is 11.3. The Hall–Kier alpha value is -2.55. The molecule has 0 spiro atoms. The van der Waals surface area contributed by atoms with E-state index in [1.807, 2.05) is 4.72 Å². The van der Waals surface area contributed by atoms with E-state index in [1.165, 1.54) is 6.07 Å². The van der Waals surface area contributed by atoms with Gasteiger partial charge >= 0.3 is 0 Å². The van der Waals surface area contributed by atoms with Crippen LogP contribution in [-0.2, 0) is 10.0 Å². The number of benzene rings is 1. The molecule has 0 fully saturated rings. The molecule has 0 saturated carbocycles. The number of nitrogen functional groups attached to an aromatic ring is 1. The molecule has 0 aliphatic heterocycles. The van der Waals surface area contributed by atoms with Crippen LogP contribution in [0, 0.1) is 17.0 Å². The van der Waals surface area contributed by atoms with Crippen molar-refractivity contribution >= 4 is 21.5 Å². The maximum Gasteiger partial charge on any atom is 0.263 e. The fourth-order valence-electron chi connectivity index (χ4n) is 1.51. The SMILES string of the molecule is N=C(N)c1ccc(NS(=O)(=O)c2cncc(F)c2)c(F)c1. The number of nitrogens with two attached hydrogens (primary N) is 1. The normalized spacial score (nSPS) is 11.1. The van der Waals surface area contributed by atoms with Crippen molar-refractivity contribution in [2.75, 3.05) is 4.72 Å². The summed E-state index contributed by atoms with van der Waals surface area (Å²) in [6.07, 6.45) is 1.79. The molecule has 1 aromatic heterocycles. The summed E-state index contributed by atoms with van der Waals surface area (Å²) in [5.74, 6) is -2.08. The van der Waals surface area contributed by atoms with E-state index < -0.39 is 26.6 Å². The van der Waals surface area contributed by atoms with Gasteiger partial charge in [0.25, 0.3) is 10.0 Å². The highest BCUT2D eigenvalue weighted by Crippen LogP contribution is 2.20. The zero-order chi connectivity index (χ0) is 15.6. The van der Waals surface area contributed by atoms with Crippen molar-refractivity contribution in [2.45, 2.75) is 4.90 Å². The predicted octanol–water partition coefficient (Wildman–Crippen LogP) is 1.44. The number of halogens is 2. The number of hydrogen-bond acceptors (Lipinski definition) is 4. The number of amidine groups is 1. The Kier molecular flexibility index (Phi) is 3.85. The molecule has 0 saturated heterocycles. The Morgan fingerprint density at radius 2 is 1.95 bits per heavy atom. The first-order chi connectivity index (χ1) is 9.79. The monoisotopic (exact) mass is 312 g/mol. The van der Waals surface area contributed by atoms with Gasteiger partial charge in [-0.15, -0.1) is 0 Å². The van der Waals surface area contributed by atoms with Crippen LogP contribution < -0.4 is 10.5 Å². The van der Waals surface area contributed by atoms with Crippen LogP contribution in [0.15, 0.2) is 41.6 Å². The minimum atomic E-state index is -4.17. The molecule has 1 heterocycles. The number of rotatable bonds is 4. The molecule has 21 heavy (non-hydrogen) atoms. The van der Waals surface area contributed by atoms with Gasteiger partial charge in [0, 0.05) is 11.8 Å². The van der Waals surface area contributed by atoms with Gasteiger partial charge in [-0.25, -0.2) is 17.2 Å². The molecule has 0 radical (unpaired) electrons. The van der Waals surface area contributed by atoms with Crippen LogP contribution in [0.3, 0.4) is 0 Å². The fraction of sp³-hybridized carbons (Fsp3) is 0. The molecule has 0 aliphatic rings. The van der Waals surface area contributed by atoms with Crippen molar-refractivity contribution in [3.63, 3.8) is 0 Å². The number of aromatic nitrogens is 1. The van der Waals surface area contributed by atoms with E-state index in [1.54, 1.807) is 0 Å². The fourth-order valence-corrected chi connectivity index (χ4v) is 2.55. The lowest BCUT2D eigenvalue weighted by Gasteiger charge is -2.09. The molecule has 0 aliphatic carbocycles. The topological polar surface area (TPSA) is 109 Å². The number of anilines is 1. The molecule has 0 atom stereocenters. The third kappa shape index (κ3) is 3.31. The second-order valence-electron chi connectivity index (χ2n) is 4.05. The van der Waals surface area contributed by atoms with E-state index in [0.29, 0.717) is 0 Å². The van der Waals surface area contributed by atoms with Gasteiger partial charge in [0.1, 0.15) is 22.4 Å². The molecule has 110 valence electrons. The summed E-state index contributed by atoms with van der Waals surface area (Å²) >= 11 is 0. The maximum atomic E-state index is 13.8. The van der Waals surface area contributed by atoms with Gasteiger partial charge in [-0.3, -0.25) is 15.1 Å². The molecule has 1 aromatic carbocycles. The van der Waals surface area contributed by atoms with Crippen molar-refractivity contribution in [2.24, 2.45) is 5.73 Å². The zero-order valence-electron chi connectivity index (χ0n) is 10.5. The third-order valence-electron chi connectivity index (χ3n) is 2.51. The lowest BCUT2D eigenvalue weighted by atomic mass is 10.2. The van der Waals surface area contributed by atoms with Crippen molar-refractivity contribution < 1.29 is 17.2 Å². The van der Waals surface area contributed by atoms with Gasteiger partial charge in [-0.05, 0) is 24.3 Å². The van der Waals surface area contributed by atoms with E-state index in [2.05, 4.69) is 4.98 Å². The van der Waals surface area contributed by atoms with Gasteiger partial charge < -0.3 is 5.73 Å². The Labute approximate surface area is 119 Å². The first-order valence-corrected chi connectivity index (χ1v) is 7.05. The van der Waals surface area contributed by atoms with Gasteiger partial charge in [-0.2, -0.15) is 0 Å². The highest BCUT2D eigenvalue weighted by molar-refractivity contribution is 7.92. The summed E-state index contributed by atoms with van der Waals surface area (Å²) in [6.45, 7) is 0. The summed E-state index contributed by atoms with van der Waals surface area (Å²) in [4.78, 5) is 2.99. The molecule has 0 unspecified atom stereocenters. The van der Waals surface area contributed by atoms with Crippen LogP contribution in [0.5, 0.6) is 0 Å². The molecular weight excluding hydrogens is 302 g/mol. The molecule has 2 aromatic rings. The molecule has 0 amide bonds. The van der Waals surface area contributed by atoms with Crippen molar-refractivity contribution in [3.8, 4) is 0 Å². The van der Waals surface area contributed by atoms with Crippen molar-refractivity contribution in [3.05, 3.63) is 53.9 Å². The smallest absolute Gasteiger partial charge is 0.263 e. The summed E-state index contributed by atoms with van der Waals surface area (Å²) in [5.41, 5.74) is 4.97. The molecule has 4 N–H and O–H groups in total. The maximum absolute atomic E-state index is 13.8. The second-order valence-corrected chi connectivity index (χ2v) is 5.74. The Balaban J connectivity index is 2.35. The number of pyridine rings is 1. The number of hydrogen-bond donors (Lipinski definition) is 3. The van der Waals surface area contributed by atoms with Crippen LogP contribution in [0.1, 0.15) is 5.56 Å². The van der Waals surface area contributed by atoms with E-state index in [-0.39, 0.29) is 17.1 Å². The highest BCUT2D eigenvalue weighted by Gasteiger charge is 2.17. The average molecular weight is 312 g/mol. The molecule has 9 heteroatoms. The summed E-state index contributed by atoms with van der Waals surface area (Å²) < 4.78 is 52.7. The van der Waals surface area contributed by atoms with E-state index >= 15 is 0 Å². The van der Waals surface area contributed by atoms with E-state index in [0.717, 1.165) is 30.6 Å².